The number of aromatic nitrogens is 2. The Balaban J connectivity index is 1.95. The van der Waals surface area contributed by atoms with Crippen molar-refractivity contribution in [1.82, 2.24) is 9.78 Å². The SMILES string of the molecule is Cc1nn(-c2ccc(C(=O)O)cc2)c(C)c1Cc1ccccc1. The molecule has 4 nitrogen and oxygen atoms in total. The molecule has 1 heterocycles. The maximum Gasteiger partial charge on any atom is 0.335 e. The van der Waals surface area contributed by atoms with Crippen LogP contribution >= 0.6 is 0 Å². The molecule has 0 radical (unpaired) electrons. The van der Waals surface area contributed by atoms with Gasteiger partial charge in [-0.1, -0.05) is 30.3 Å². The Morgan fingerprint density at radius 3 is 2.30 bits per heavy atom. The summed E-state index contributed by atoms with van der Waals surface area (Å²) in [4.78, 5) is 11.0. The van der Waals surface area contributed by atoms with Gasteiger partial charge in [0.25, 0.3) is 0 Å². The summed E-state index contributed by atoms with van der Waals surface area (Å²) in [5.41, 5.74) is 5.68. The number of hydrogen-bond acceptors (Lipinski definition) is 2. The minimum atomic E-state index is -0.922. The topological polar surface area (TPSA) is 55.1 Å². The molecule has 116 valence electrons. The van der Waals surface area contributed by atoms with Gasteiger partial charge in [0.05, 0.1) is 16.9 Å². The molecule has 0 spiro atoms. The molecule has 0 atom stereocenters. The number of carboxylic acids is 1. The molecule has 3 aromatic rings. The minimum Gasteiger partial charge on any atom is -0.478 e. The van der Waals surface area contributed by atoms with E-state index < -0.39 is 5.97 Å². The fourth-order valence-electron chi connectivity index (χ4n) is 2.73. The number of carboxylic acid groups (broad SMARTS) is 1. The summed E-state index contributed by atoms with van der Waals surface area (Å²) in [7, 11) is 0. The van der Waals surface area contributed by atoms with Crippen molar-refractivity contribution >= 4 is 5.97 Å². The van der Waals surface area contributed by atoms with Crippen LogP contribution in [0.15, 0.2) is 54.6 Å². The predicted molar refractivity (Wildman–Crippen MR) is 89.2 cm³/mol. The zero-order chi connectivity index (χ0) is 16.4. The Hall–Kier alpha value is -2.88. The van der Waals surface area contributed by atoms with E-state index in [2.05, 4.69) is 17.2 Å². The molecular weight excluding hydrogens is 288 g/mol. The highest BCUT2D eigenvalue weighted by Gasteiger charge is 2.13. The molecule has 0 bridgehead atoms. The molecule has 0 fully saturated rings. The average Bonchev–Trinajstić information content (AvgIpc) is 2.84. The van der Waals surface area contributed by atoms with E-state index in [0.717, 1.165) is 23.5 Å². The molecule has 2 aromatic carbocycles. The molecule has 0 aliphatic heterocycles. The van der Waals surface area contributed by atoms with Crippen LogP contribution in [0.3, 0.4) is 0 Å². The van der Waals surface area contributed by atoms with E-state index in [-0.39, 0.29) is 5.56 Å². The van der Waals surface area contributed by atoms with Crippen molar-refractivity contribution in [2.75, 3.05) is 0 Å². The third-order valence-electron chi connectivity index (χ3n) is 4.02. The molecule has 0 unspecified atom stereocenters. The van der Waals surface area contributed by atoms with Crippen LogP contribution in [0.5, 0.6) is 0 Å². The number of carbonyl (C=O) groups is 1. The van der Waals surface area contributed by atoms with E-state index in [9.17, 15) is 4.79 Å². The quantitative estimate of drug-likeness (QED) is 0.798. The molecule has 0 saturated carbocycles. The zero-order valence-electron chi connectivity index (χ0n) is 13.2. The number of aryl methyl sites for hydroxylation is 1. The molecule has 23 heavy (non-hydrogen) atoms. The van der Waals surface area contributed by atoms with E-state index in [1.165, 1.54) is 11.1 Å². The molecule has 4 heteroatoms. The van der Waals surface area contributed by atoms with Gasteiger partial charge in [-0.15, -0.1) is 0 Å². The highest BCUT2D eigenvalue weighted by molar-refractivity contribution is 5.87. The summed E-state index contributed by atoms with van der Waals surface area (Å²) in [5.74, 6) is -0.922. The van der Waals surface area contributed by atoms with Crippen LogP contribution < -0.4 is 0 Å². The van der Waals surface area contributed by atoms with Crippen molar-refractivity contribution in [1.29, 1.82) is 0 Å². The van der Waals surface area contributed by atoms with Gasteiger partial charge in [0.1, 0.15) is 0 Å². The number of aromatic carboxylic acids is 1. The molecule has 1 aromatic heterocycles. The molecule has 0 aliphatic carbocycles. The lowest BCUT2D eigenvalue weighted by Crippen LogP contribution is -2.01. The first kappa shape index (κ1) is 15.0. The van der Waals surface area contributed by atoms with Crippen molar-refractivity contribution in [3.8, 4) is 5.69 Å². The van der Waals surface area contributed by atoms with Crippen molar-refractivity contribution in [3.63, 3.8) is 0 Å². The first-order valence-electron chi connectivity index (χ1n) is 7.49. The summed E-state index contributed by atoms with van der Waals surface area (Å²) >= 11 is 0. The number of benzene rings is 2. The number of rotatable bonds is 4. The van der Waals surface area contributed by atoms with Gasteiger partial charge in [0, 0.05) is 17.7 Å². The summed E-state index contributed by atoms with van der Waals surface area (Å²) in [6.07, 6.45) is 0.839. The fourth-order valence-corrected chi connectivity index (χ4v) is 2.73. The van der Waals surface area contributed by atoms with Gasteiger partial charge >= 0.3 is 5.97 Å². The lowest BCUT2D eigenvalue weighted by Gasteiger charge is -2.06. The van der Waals surface area contributed by atoms with Crippen LogP contribution in [0, 0.1) is 13.8 Å². The third-order valence-corrected chi connectivity index (χ3v) is 4.02. The van der Waals surface area contributed by atoms with Crippen molar-refractivity contribution < 1.29 is 9.90 Å². The van der Waals surface area contributed by atoms with Gasteiger partial charge in [0.2, 0.25) is 0 Å². The van der Waals surface area contributed by atoms with Crippen molar-refractivity contribution in [3.05, 3.63) is 82.7 Å². The molecule has 0 aliphatic rings. The van der Waals surface area contributed by atoms with Gasteiger partial charge in [-0.2, -0.15) is 5.10 Å². The molecule has 3 rings (SSSR count). The molecule has 0 saturated heterocycles. The average molecular weight is 306 g/mol. The standard InChI is InChI=1S/C19H18N2O2/c1-13-18(12-15-6-4-3-5-7-15)14(2)21(20-13)17-10-8-16(9-11-17)19(22)23/h3-11H,12H2,1-2H3,(H,22,23). The van der Waals surface area contributed by atoms with Crippen LogP contribution in [0.2, 0.25) is 0 Å². The molecule has 0 amide bonds. The first-order chi connectivity index (χ1) is 11.1. The van der Waals surface area contributed by atoms with Gasteiger partial charge in [0.15, 0.2) is 0 Å². The highest BCUT2D eigenvalue weighted by Crippen LogP contribution is 2.21. The van der Waals surface area contributed by atoms with Gasteiger partial charge in [-0.05, 0) is 43.7 Å². The zero-order valence-corrected chi connectivity index (χ0v) is 13.2. The van der Waals surface area contributed by atoms with Crippen LogP contribution in [0.4, 0.5) is 0 Å². The highest BCUT2D eigenvalue weighted by atomic mass is 16.4. The van der Waals surface area contributed by atoms with E-state index >= 15 is 0 Å². The Kier molecular flexibility index (Phi) is 3.98. The van der Waals surface area contributed by atoms with Crippen molar-refractivity contribution in [2.45, 2.75) is 20.3 Å². The minimum absolute atomic E-state index is 0.278. The summed E-state index contributed by atoms with van der Waals surface area (Å²) < 4.78 is 1.87. The van der Waals surface area contributed by atoms with Crippen LogP contribution in [-0.4, -0.2) is 20.9 Å². The van der Waals surface area contributed by atoms with E-state index in [1.54, 1.807) is 24.3 Å². The maximum absolute atomic E-state index is 11.0. The Labute approximate surface area is 135 Å². The van der Waals surface area contributed by atoms with E-state index in [1.807, 2.05) is 36.7 Å². The monoisotopic (exact) mass is 306 g/mol. The van der Waals surface area contributed by atoms with Gasteiger partial charge < -0.3 is 5.11 Å². The molecule has 1 N–H and O–H groups in total. The second-order valence-corrected chi connectivity index (χ2v) is 5.58. The predicted octanol–water partition coefficient (Wildman–Crippen LogP) is 3.78. The van der Waals surface area contributed by atoms with Crippen LogP contribution in [0.1, 0.15) is 32.9 Å². The third kappa shape index (κ3) is 3.01. The normalized spacial score (nSPS) is 10.7. The number of hydrogen-bond donors (Lipinski definition) is 1. The Morgan fingerprint density at radius 2 is 1.70 bits per heavy atom. The summed E-state index contributed by atoms with van der Waals surface area (Å²) in [6, 6.07) is 17.1. The first-order valence-corrected chi connectivity index (χ1v) is 7.49. The Morgan fingerprint density at radius 1 is 1.04 bits per heavy atom. The van der Waals surface area contributed by atoms with Crippen molar-refractivity contribution in [2.24, 2.45) is 0 Å². The largest absolute Gasteiger partial charge is 0.478 e. The van der Waals surface area contributed by atoms with Crippen LogP contribution in [0.25, 0.3) is 5.69 Å². The lowest BCUT2D eigenvalue weighted by molar-refractivity contribution is 0.0697. The summed E-state index contributed by atoms with van der Waals surface area (Å²) in [6.45, 7) is 4.05. The maximum atomic E-state index is 11.0. The van der Waals surface area contributed by atoms with E-state index in [4.69, 9.17) is 5.11 Å². The second kappa shape index (κ2) is 6.08. The van der Waals surface area contributed by atoms with Crippen LogP contribution in [-0.2, 0) is 6.42 Å². The van der Waals surface area contributed by atoms with Gasteiger partial charge in [-0.25, -0.2) is 9.48 Å². The van der Waals surface area contributed by atoms with Gasteiger partial charge in [-0.3, -0.25) is 0 Å². The lowest BCUT2D eigenvalue weighted by atomic mass is 10.0. The summed E-state index contributed by atoms with van der Waals surface area (Å²) in [5, 5.41) is 13.6. The Bertz CT molecular complexity index is 834. The second-order valence-electron chi connectivity index (χ2n) is 5.58. The van der Waals surface area contributed by atoms with E-state index in [0.29, 0.717) is 0 Å². The smallest absolute Gasteiger partial charge is 0.335 e. The number of nitrogens with zero attached hydrogens (tertiary/aromatic N) is 2. The molecular formula is C19H18N2O2. The fraction of sp³-hybridized carbons (Fsp3) is 0.158.